The lowest BCUT2D eigenvalue weighted by Gasteiger charge is -2.36. The number of nitrogens with zero attached hydrogens (tertiary/aromatic N) is 3. The van der Waals surface area contributed by atoms with E-state index in [1.807, 2.05) is 48.2 Å². The van der Waals surface area contributed by atoms with E-state index in [0.29, 0.717) is 13.1 Å². The third-order valence-electron chi connectivity index (χ3n) is 4.31. The molecule has 3 rings (SSSR count). The van der Waals surface area contributed by atoms with E-state index < -0.39 is 0 Å². The molecule has 126 valence electrons. The number of aromatic nitrogens is 1. The summed E-state index contributed by atoms with van der Waals surface area (Å²) in [5.41, 5.74) is 2.08. The minimum atomic E-state index is -0.0397. The molecule has 0 radical (unpaired) electrons. The molecule has 1 aromatic heterocycles. The number of carbonyl (C=O) groups excluding carboxylic acids is 1. The van der Waals surface area contributed by atoms with Gasteiger partial charge in [0.15, 0.2) is 0 Å². The number of hydrogen-bond donors (Lipinski definition) is 1. The highest BCUT2D eigenvalue weighted by Gasteiger charge is 2.23. The van der Waals surface area contributed by atoms with Gasteiger partial charge in [0.1, 0.15) is 0 Å². The van der Waals surface area contributed by atoms with Gasteiger partial charge < -0.3 is 15.1 Å². The minimum Gasteiger partial charge on any atom is -0.367 e. The molecule has 1 N–H and O–H groups in total. The van der Waals surface area contributed by atoms with Gasteiger partial charge in [-0.15, -0.1) is 0 Å². The third-order valence-corrected chi connectivity index (χ3v) is 4.63. The Bertz CT molecular complexity index is 686. The fourth-order valence-corrected chi connectivity index (χ4v) is 3.13. The predicted octanol–water partition coefficient (Wildman–Crippen LogP) is 3.33. The normalized spacial score (nSPS) is 15.9. The number of para-hydroxylation sites is 1. The number of hydrogen-bond acceptors (Lipinski definition) is 3. The quantitative estimate of drug-likeness (QED) is 0.929. The van der Waals surface area contributed by atoms with E-state index in [9.17, 15) is 4.79 Å². The van der Waals surface area contributed by atoms with Gasteiger partial charge in [-0.25, -0.2) is 4.79 Å². The van der Waals surface area contributed by atoms with E-state index in [4.69, 9.17) is 11.6 Å². The van der Waals surface area contributed by atoms with Gasteiger partial charge in [0.2, 0.25) is 0 Å². The Balaban J connectivity index is 1.55. The van der Waals surface area contributed by atoms with Gasteiger partial charge in [0.05, 0.1) is 16.8 Å². The third kappa shape index (κ3) is 3.79. The van der Waals surface area contributed by atoms with Gasteiger partial charge in [-0.2, -0.15) is 0 Å². The molecular weight excluding hydrogens is 324 g/mol. The van der Waals surface area contributed by atoms with Gasteiger partial charge in [0.25, 0.3) is 0 Å². The van der Waals surface area contributed by atoms with Gasteiger partial charge in [-0.1, -0.05) is 23.7 Å². The van der Waals surface area contributed by atoms with Crippen molar-refractivity contribution in [2.75, 3.05) is 31.1 Å². The SMILES string of the molecule is CC(NC(=O)N1CCN(c2ccccc2Cl)CC1)c1ccncc1. The zero-order valence-electron chi connectivity index (χ0n) is 13.7. The summed E-state index contributed by atoms with van der Waals surface area (Å²) in [6.45, 7) is 4.90. The van der Waals surface area contributed by atoms with E-state index in [0.717, 1.165) is 29.4 Å². The highest BCUT2D eigenvalue weighted by Crippen LogP contribution is 2.26. The average Bonchev–Trinajstić information content (AvgIpc) is 2.63. The summed E-state index contributed by atoms with van der Waals surface area (Å²) in [4.78, 5) is 20.5. The molecule has 1 aliphatic heterocycles. The van der Waals surface area contributed by atoms with Crippen LogP contribution in [0.15, 0.2) is 48.8 Å². The van der Waals surface area contributed by atoms with Crippen LogP contribution in [0.4, 0.5) is 10.5 Å². The number of benzene rings is 1. The molecule has 2 heterocycles. The predicted molar refractivity (Wildman–Crippen MR) is 96.4 cm³/mol. The molecule has 1 saturated heterocycles. The first-order chi connectivity index (χ1) is 11.6. The van der Waals surface area contributed by atoms with Crippen LogP contribution in [0.2, 0.25) is 5.02 Å². The van der Waals surface area contributed by atoms with Gasteiger partial charge in [-0.05, 0) is 36.8 Å². The lowest BCUT2D eigenvalue weighted by Crippen LogP contribution is -2.52. The van der Waals surface area contributed by atoms with Crippen molar-refractivity contribution in [2.24, 2.45) is 0 Å². The lowest BCUT2D eigenvalue weighted by molar-refractivity contribution is 0.191. The molecule has 6 heteroatoms. The first-order valence-corrected chi connectivity index (χ1v) is 8.48. The van der Waals surface area contributed by atoms with Crippen molar-refractivity contribution >= 4 is 23.3 Å². The van der Waals surface area contributed by atoms with Crippen molar-refractivity contribution in [3.8, 4) is 0 Å². The number of halogens is 1. The minimum absolute atomic E-state index is 0.0295. The standard InChI is InChI=1S/C18H21ClN4O/c1-14(15-6-8-20-9-7-15)21-18(24)23-12-10-22(11-13-23)17-5-3-2-4-16(17)19/h2-9,14H,10-13H2,1H3,(H,21,24). The zero-order chi connectivity index (χ0) is 16.9. The Kier molecular flexibility index (Phi) is 5.20. The number of amides is 2. The number of urea groups is 1. The second-order valence-electron chi connectivity index (χ2n) is 5.88. The molecular formula is C18H21ClN4O. The second-order valence-corrected chi connectivity index (χ2v) is 6.28. The zero-order valence-corrected chi connectivity index (χ0v) is 14.4. The Morgan fingerprint density at radius 2 is 1.79 bits per heavy atom. The maximum Gasteiger partial charge on any atom is 0.317 e. The molecule has 2 aromatic rings. The number of carbonyl (C=O) groups is 1. The Hall–Kier alpha value is -2.27. The Morgan fingerprint density at radius 3 is 2.46 bits per heavy atom. The fraction of sp³-hybridized carbons (Fsp3) is 0.333. The maximum atomic E-state index is 12.4. The van der Waals surface area contributed by atoms with Crippen LogP contribution in [0.5, 0.6) is 0 Å². The second kappa shape index (κ2) is 7.53. The monoisotopic (exact) mass is 344 g/mol. The van der Waals surface area contributed by atoms with Crippen molar-refractivity contribution in [1.29, 1.82) is 0 Å². The topological polar surface area (TPSA) is 48.5 Å². The molecule has 0 bridgehead atoms. The number of rotatable bonds is 3. The molecule has 0 saturated carbocycles. The Labute approximate surface area is 147 Å². The number of nitrogens with one attached hydrogen (secondary N) is 1. The van der Waals surface area contributed by atoms with Crippen LogP contribution in [-0.2, 0) is 0 Å². The lowest BCUT2D eigenvalue weighted by atomic mass is 10.1. The van der Waals surface area contributed by atoms with Gasteiger partial charge in [-0.3, -0.25) is 4.98 Å². The number of piperazine rings is 1. The van der Waals surface area contributed by atoms with Crippen molar-refractivity contribution in [1.82, 2.24) is 15.2 Å². The molecule has 1 aliphatic rings. The highest BCUT2D eigenvalue weighted by molar-refractivity contribution is 6.33. The summed E-state index contributed by atoms with van der Waals surface area (Å²) in [6.07, 6.45) is 3.47. The molecule has 5 nitrogen and oxygen atoms in total. The van der Waals surface area contributed by atoms with Crippen LogP contribution in [0, 0.1) is 0 Å². The van der Waals surface area contributed by atoms with E-state index >= 15 is 0 Å². The summed E-state index contributed by atoms with van der Waals surface area (Å²) in [5, 5.41) is 3.80. The van der Waals surface area contributed by atoms with Crippen molar-refractivity contribution in [2.45, 2.75) is 13.0 Å². The van der Waals surface area contributed by atoms with Crippen molar-refractivity contribution in [3.63, 3.8) is 0 Å². The van der Waals surface area contributed by atoms with Crippen LogP contribution in [0.1, 0.15) is 18.5 Å². The fourth-order valence-electron chi connectivity index (χ4n) is 2.87. The van der Waals surface area contributed by atoms with Crippen LogP contribution < -0.4 is 10.2 Å². The Morgan fingerprint density at radius 1 is 1.12 bits per heavy atom. The average molecular weight is 345 g/mol. The van der Waals surface area contributed by atoms with E-state index in [2.05, 4.69) is 15.2 Å². The van der Waals surface area contributed by atoms with Crippen LogP contribution in [0.3, 0.4) is 0 Å². The van der Waals surface area contributed by atoms with Gasteiger partial charge in [0, 0.05) is 38.6 Å². The largest absolute Gasteiger partial charge is 0.367 e. The number of pyridine rings is 1. The molecule has 2 amide bonds. The van der Waals surface area contributed by atoms with E-state index in [-0.39, 0.29) is 12.1 Å². The molecule has 1 fully saturated rings. The molecule has 0 spiro atoms. The first-order valence-electron chi connectivity index (χ1n) is 8.10. The molecule has 1 atom stereocenters. The summed E-state index contributed by atoms with van der Waals surface area (Å²) >= 11 is 6.25. The molecule has 0 aliphatic carbocycles. The molecule has 1 unspecified atom stereocenters. The van der Waals surface area contributed by atoms with Crippen LogP contribution in [0.25, 0.3) is 0 Å². The number of anilines is 1. The van der Waals surface area contributed by atoms with E-state index in [1.54, 1.807) is 12.4 Å². The maximum absolute atomic E-state index is 12.4. The van der Waals surface area contributed by atoms with Gasteiger partial charge >= 0.3 is 6.03 Å². The summed E-state index contributed by atoms with van der Waals surface area (Å²) in [5.74, 6) is 0. The smallest absolute Gasteiger partial charge is 0.317 e. The molecule has 24 heavy (non-hydrogen) atoms. The summed E-state index contributed by atoms with van der Waals surface area (Å²) in [6, 6.07) is 11.6. The van der Waals surface area contributed by atoms with Crippen LogP contribution >= 0.6 is 11.6 Å². The highest BCUT2D eigenvalue weighted by atomic mass is 35.5. The first kappa shape index (κ1) is 16.6. The van der Waals surface area contributed by atoms with Crippen molar-refractivity contribution in [3.05, 3.63) is 59.4 Å². The summed E-state index contributed by atoms with van der Waals surface area (Å²) in [7, 11) is 0. The van der Waals surface area contributed by atoms with Crippen LogP contribution in [-0.4, -0.2) is 42.1 Å². The molecule has 1 aromatic carbocycles. The summed E-state index contributed by atoms with van der Waals surface area (Å²) < 4.78 is 0. The van der Waals surface area contributed by atoms with Crippen molar-refractivity contribution < 1.29 is 4.79 Å². The van der Waals surface area contributed by atoms with E-state index in [1.165, 1.54) is 0 Å².